The van der Waals surface area contributed by atoms with Crippen LogP contribution in [0, 0.1) is 19.8 Å². The minimum absolute atomic E-state index is 0.0220. The lowest BCUT2D eigenvalue weighted by molar-refractivity contribution is -0.122. The van der Waals surface area contributed by atoms with Gasteiger partial charge in [-0.1, -0.05) is 17.7 Å². The molecule has 1 atom stereocenters. The number of amides is 2. The molecule has 1 aliphatic rings. The number of rotatable bonds is 3. The van der Waals surface area contributed by atoms with Crippen molar-refractivity contribution in [1.29, 1.82) is 0 Å². The summed E-state index contributed by atoms with van der Waals surface area (Å²) in [4.78, 5) is 30.4. The number of nitrogens with zero attached hydrogens (tertiary/aromatic N) is 2. The van der Waals surface area contributed by atoms with Crippen LogP contribution in [0.2, 0.25) is 0 Å². The number of nitrogens with one attached hydrogen (secondary N) is 1. The first-order valence-electron chi connectivity index (χ1n) is 7.63. The number of carbonyl (C=O) groups is 2. The summed E-state index contributed by atoms with van der Waals surface area (Å²) in [6.45, 7) is 4.34. The summed E-state index contributed by atoms with van der Waals surface area (Å²) in [5.74, 6) is -0.0142. The SMILES string of the molecule is Cc1ccc(N2CC(C(=O)Nc3cc(C)ccn3)CC2=O)cc1. The summed E-state index contributed by atoms with van der Waals surface area (Å²) >= 11 is 0. The molecule has 1 fully saturated rings. The van der Waals surface area contributed by atoms with E-state index in [-0.39, 0.29) is 24.2 Å². The zero-order valence-corrected chi connectivity index (χ0v) is 13.2. The van der Waals surface area contributed by atoms with E-state index in [2.05, 4.69) is 10.3 Å². The Balaban J connectivity index is 1.69. The van der Waals surface area contributed by atoms with Crippen LogP contribution in [0.3, 0.4) is 0 Å². The van der Waals surface area contributed by atoms with Crippen molar-refractivity contribution in [2.75, 3.05) is 16.8 Å². The molecule has 118 valence electrons. The molecule has 0 radical (unpaired) electrons. The van der Waals surface area contributed by atoms with E-state index in [0.717, 1.165) is 16.8 Å². The molecular weight excluding hydrogens is 290 g/mol. The van der Waals surface area contributed by atoms with Gasteiger partial charge in [-0.2, -0.15) is 0 Å². The first kappa shape index (κ1) is 15.2. The average Bonchev–Trinajstić information content (AvgIpc) is 2.90. The van der Waals surface area contributed by atoms with Gasteiger partial charge in [-0.25, -0.2) is 4.98 Å². The van der Waals surface area contributed by atoms with Crippen LogP contribution in [-0.2, 0) is 9.59 Å². The Hall–Kier alpha value is -2.69. The molecule has 1 unspecified atom stereocenters. The lowest BCUT2D eigenvalue weighted by atomic mass is 10.1. The fraction of sp³-hybridized carbons (Fsp3) is 0.278. The maximum atomic E-state index is 12.4. The number of hydrogen-bond acceptors (Lipinski definition) is 3. The first-order chi connectivity index (χ1) is 11.0. The molecule has 1 aliphatic heterocycles. The summed E-state index contributed by atoms with van der Waals surface area (Å²) in [7, 11) is 0. The van der Waals surface area contributed by atoms with E-state index < -0.39 is 0 Å². The molecule has 2 heterocycles. The fourth-order valence-electron chi connectivity index (χ4n) is 2.69. The van der Waals surface area contributed by atoms with Crippen LogP contribution >= 0.6 is 0 Å². The quantitative estimate of drug-likeness (QED) is 0.948. The van der Waals surface area contributed by atoms with E-state index in [1.54, 1.807) is 11.1 Å². The molecule has 0 bridgehead atoms. The largest absolute Gasteiger partial charge is 0.312 e. The number of anilines is 2. The molecule has 23 heavy (non-hydrogen) atoms. The van der Waals surface area contributed by atoms with Gasteiger partial charge in [-0.3, -0.25) is 9.59 Å². The van der Waals surface area contributed by atoms with E-state index >= 15 is 0 Å². The monoisotopic (exact) mass is 309 g/mol. The minimum Gasteiger partial charge on any atom is -0.312 e. The molecule has 1 N–H and O–H groups in total. The topological polar surface area (TPSA) is 62.3 Å². The van der Waals surface area contributed by atoms with Gasteiger partial charge in [0, 0.05) is 24.8 Å². The van der Waals surface area contributed by atoms with Gasteiger partial charge < -0.3 is 10.2 Å². The molecule has 5 heteroatoms. The second-order valence-corrected chi connectivity index (χ2v) is 5.95. The summed E-state index contributed by atoms with van der Waals surface area (Å²) in [6, 6.07) is 11.4. The zero-order chi connectivity index (χ0) is 16.4. The van der Waals surface area contributed by atoms with Gasteiger partial charge in [0.2, 0.25) is 11.8 Å². The number of benzene rings is 1. The summed E-state index contributed by atoms with van der Waals surface area (Å²) < 4.78 is 0. The summed E-state index contributed by atoms with van der Waals surface area (Å²) in [6.07, 6.45) is 1.88. The van der Waals surface area contributed by atoms with Gasteiger partial charge in [0.1, 0.15) is 5.82 Å². The highest BCUT2D eigenvalue weighted by molar-refractivity contribution is 6.03. The predicted octanol–water partition coefficient (Wildman–Crippen LogP) is 2.69. The zero-order valence-electron chi connectivity index (χ0n) is 13.2. The molecule has 1 aromatic heterocycles. The van der Waals surface area contributed by atoms with Crippen LogP contribution in [-0.4, -0.2) is 23.3 Å². The second-order valence-electron chi connectivity index (χ2n) is 5.95. The Labute approximate surface area is 135 Å². The van der Waals surface area contributed by atoms with Crippen LogP contribution in [0.5, 0.6) is 0 Å². The van der Waals surface area contributed by atoms with Gasteiger partial charge in [-0.15, -0.1) is 0 Å². The average molecular weight is 309 g/mol. The van der Waals surface area contributed by atoms with E-state index in [1.807, 2.05) is 50.2 Å². The number of aromatic nitrogens is 1. The highest BCUT2D eigenvalue weighted by atomic mass is 16.2. The molecule has 0 spiro atoms. The van der Waals surface area contributed by atoms with Crippen molar-refractivity contribution in [3.8, 4) is 0 Å². The van der Waals surface area contributed by atoms with Crippen molar-refractivity contribution in [2.24, 2.45) is 5.92 Å². The molecule has 1 saturated heterocycles. The Morgan fingerprint density at radius 3 is 2.61 bits per heavy atom. The van der Waals surface area contributed by atoms with Gasteiger partial charge in [-0.05, 0) is 43.7 Å². The Bertz CT molecular complexity index is 740. The summed E-state index contributed by atoms with van der Waals surface area (Å²) in [5, 5.41) is 2.80. The van der Waals surface area contributed by atoms with Gasteiger partial charge in [0.15, 0.2) is 0 Å². The van der Waals surface area contributed by atoms with Crippen LogP contribution in [0.15, 0.2) is 42.6 Å². The Morgan fingerprint density at radius 1 is 1.17 bits per heavy atom. The summed E-state index contributed by atoms with van der Waals surface area (Å²) in [5.41, 5.74) is 3.00. The third-order valence-electron chi connectivity index (χ3n) is 4.01. The number of hydrogen-bond donors (Lipinski definition) is 1. The number of pyridine rings is 1. The van der Waals surface area contributed by atoms with E-state index in [0.29, 0.717) is 12.4 Å². The maximum absolute atomic E-state index is 12.4. The lowest BCUT2D eigenvalue weighted by Gasteiger charge is -2.17. The highest BCUT2D eigenvalue weighted by Gasteiger charge is 2.35. The van der Waals surface area contributed by atoms with Crippen LogP contribution < -0.4 is 10.2 Å². The molecule has 3 rings (SSSR count). The smallest absolute Gasteiger partial charge is 0.230 e. The maximum Gasteiger partial charge on any atom is 0.230 e. The van der Waals surface area contributed by atoms with E-state index in [4.69, 9.17) is 0 Å². The molecule has 1 aromatic carbocycles. The Morgan fingerprint density at radius 2 is 1.91 bits per heavy atom. The van der Waals surface area contributed by atoms with Crippen molar-refractivity contribution in [3.63, 3.8) is 0 Å². The molecular formula is C18H19N3O2. The fourth-order valence-corrected chi connectivity index (χ4v) is 2.69. The number of aryl methyl sites for hydroxylation is 2. The third kappa shape index (κ3) is 3.39. The van der Waals surface area contributed by atoms with Crippen molar-refractivity contribution < 1.29 is 9.59 Å². The van der Waals surface area contributed by atoms with E-state index in [1.165, 1.54) is 0 Å². The third-order valence-corrected chi connectivity index (χ3v) is 4.01. The van der Waals surface area contributed by atoms with Crippen molar-refractivity contribution in [2.45, 2.75) is 20.3 Å². The van der Waals surface area contributed by atoms with Crippen molar-refractivity contribution in [3.05, 3.63) is 53.7 Å². The molecule has 0 saturated carbocycles. The first-order valence-corrected chi connectivity index (χ1v) is 7.63. The van der Waals surface area contributed by atoms with Gasteiger partial charge >= 0.3 is 0 Å². The molecule has 0 aliphatic carbocycles. The van der Waals surface area contributed by atoms with Crippen LogP contribution in [0.25, 0.3) is 0 Å². The predicted molar refractivity (Wildman–Crippen MR) is 89.2 cm³/mol. The van der Waals surface area contributed by atoms with Crippen LogP contribution in [0.1, 0.15) is 17.5 Å². The molecule has 2 amide bonds. The van der Waals surface area contributed by atoms with Crippen LogP contribution in [0.4, 0.5) is 11.5 Å². The van der Waals surface area contributed by atoms with Crippen molar-refractivity contribution >= 4 is 23.3 Å². The normalized spacial score (nSPS) is 17.4. The second kappa shape index (κ2) is 6.20. The van der Waals surface area contributed by atoms with Gasteiger partial charge in [0.25, 0.3) is 0 Å². The van der Waals surface area contributed by atoms with Gasteiger partial charge in [0.05, 0.1) is 5.92 Å². The Kier molecular flexibility index (Phi) is 4.10. The van der Waals surface area contributed by atoms with E-state index in [9.17, 15) is 9.59 Å². The minimum atomic E-state index is -0.355. The lowest BCUT2D eigenvalue weighted by Crippen LogP contribution is -2.28. The van der Waals surface area contributed by atoms with Crippen molar-refractivity contribution in [1.82, 2.24) is 4.98 Å². The molecule has 2 aromatic rings. The number of carbonyl (C=O) groups excluding carboxylic acids is 2. The molecule has 5 nitrogen and oxygen atoms in total. The standard InChI is InChI=1S/C18H19N3O2/c1-12-3-5-15(6-4-12)21-11-14(10-17(21)22)18(23)20-16-9-13(2)7-8-19-16/h3-9,14H,10-11H2,1-2H3,(H,19,20,23). The highest BCUT2D eigenvalue weighted by Crippen LogP contribution is 2.26.